The highest BCUT2D eigenvalue weighted by molar-refractivity contribution is 6.05. The maximum atomic E-state index is 13.0. The molecule has 1 aromatic heterocycles. The van der Waals surface area contributed by atoms with Gasteiger partial charge in [-0.05, 0) is 50.2 Å². The first-order chi connectivity index (χ1) is 14.4. The average Bonchev–Trinajstić information content (AvgIpc) is 2.74. The molecule has 0 fully saturated rings. The van der Waals surface area contributed by atoms with E-state index < -0.39 is 24.5 Å². The molecule has 1 aliphatic carbocycles. The van der Waals surface area contributed by atoms with E-state index in [1.807, 2.05) is 31.2 Å². The predicted octanol–water partition coefficient (Wildman–Crippen LogP) is 2.55. The van der Waals surface area contributed by atoms with E-state index in [2.05, 4.69) is 17.6 Å². The number of carbonyl (C=O) groups excluding carboxylic acids is 3. The minimum atomic E-state index is -0.696. The molecule has 0 saturated heterocycles. The molecule has 0 unspecified atom stereocenters. The molecule has 1 aromatic carbocycles. The Hall–Kier alpha value is -2.96. The van der Waals surface area contributed by atoms with Gasteiger partial charge in [-0.1, -0.05) is 32.0 Å². The smallest absolute Gasteiger partial charge is 0.339 e. The Morgan fingerprint density at radius 2 is 2.03 bits per heavy atom. The normalized spacial score (nSPS) is 16.4. The van der Waals surface area contributed by atoms with Gasteiger partial charge in [-0.25, -0.2) is 4.79 Å². The van der Waals surface area contributed by atoms with E-state index in [4.69, 9.17) is 9.72 Å². The minimum Gasteiger partial charge on any atom is -0.452 e. The number of rotatable bonds is 7. The van der Waals surface area contributed by atoms with E-state index in [-0.39, 0.29) is 5.91 Å². The molecule has 0 radical (unpaired) electrons. The molecule has 2 N–H and O–H groups in total. The zero-order valence-electron chi connectivity index (χ0n) is 17.8. The molecule has 3 rings (SSSR count). The Morgan fingerprint density at radius 1 is 1.27 bits per heavy atom. The lowest BCUT2D eigenvalue weighted by atomic mass is 9.84. The molecule has 30 heavy (non-hydrogen) atoms. The lowest BCUT2D eigenvalue weighted by Gasteiger charge is -2.24. The fraction of sp³-hybridized carbons (Fsp3) is 0.478. The number of nitrogens with one attached hydrogen (secondary N) is 2. The Morgan fingerprint density at radius 3 is 2.80 bits per heavy atom. The van der Waals surface area contributed by atoms with E-state index in [1.54, 1.807) is 6.92 Å². The first kappa shape index (κ1) is 21.7. The summed E-state index contributed by atoms with van der Waals surface area (Å²) in [5.74, 6) is -0.849. The third-order valence-corrected chi connectivity index (χ3v) is 5.36. The van der Waals surface area contributed by atoms with Crippen LogP contribution in [-0.4, -0.2) is 42.0 Å². The number of benzene rings is 1. The SMILES string of the molecule is CCCNC(=O)[C@H](C)NC(=O)COC(=O)c1c2c(nc3ccccc13)CC[C@H](C)C2. The van der Waals surface area contributed by atoms with Crippen LogP contribution in [0.25, 0.3) is 10.9 Å². The van der Waals surface area contributed by atoms with E-state index in [1.165, 1.54) is 0 Å². The van der Waals surface area contributed by atoms with Gasteiger partial charge in [-0.15, -0.1) is 0 Å². The van der Waals surface area contributed by atoms with Crippen molar-refractivity contribution in [2.45, 2.75) is 52.5 Å². The number of aromatic nitrogens is 1. The molecule has 0 bridgehead atoms. The summed E-state index contributed by atoms with van der Waals surface area (Å²) in [6.07, 6.45) is 3.44. The second kappa shape index (κ2) is 9.69. The first-order valence-corrected chi connectivity index (χ1v) is 10.5. The second-order valence-electron chi connectivity index (χ2n) is 7.93. The molecule has 2 aromatic rings. The number of ether oxygens (including phenoxy) is 1. The number of amides is 2. The van der Waals surface area contributed by atoms with Crippen molar-refractivity contribution in [3.63, 3.8) is 0 Å². The van der Waals surface area contributed by atoms with Crippen LogP contribution in [0.5, 0.6) is 0 Å². The molecule has 1 heterocycles. The van der Waals surface area contributed by atoms with E-state index in [0.29, 0.717) is 18.0 Å². The molecule has 0 saturated carbocycles. The third-order valence-electron chi connectivity index (χ3n) is 5.36. The summed E-state index contributed by atoms with van der Waals surface area (Å²) in [4.78, 5) is 41.8. The highest BCUT2D eigenvalue weighted by Gasteiger charge is 2.26. The van der Waals surface area contributed by atoms with Crippen molar-refractivity contribution < 1.29 is 19.1 Å². The topological polar surface area (TPSA) is 97.4 Å². The van der Waals surface area contributed by atoms with Gasteiger partial charge in [0.2, 0.25) is 5.91 Å². The van der Waals surface area contributed by atoms with Crippen LogP contribution in [0.1, 0.15) is 55.2 Å². The minimum absolute atomic E-state index is 0.264. The Bertz CT molecular complexity index is 957. The number of hydrogen-bond donors (Lipinski definition) is 2. The Balaban J connectivity index is 1.73. The lowest BCUT2D eigenvalue weighted by molar-refractivity contribution is -0.130. The Labute approximate surface area is 176 Å². The van der Waals surface area contributed by atoms with Gasteiger partial charge in [-0.2, -0.15) is 0 Å². The quantitative estimate of drug-likeness (QED) is 0.683. The zero-order chi connectivity index (χ0) is 21.7. The van der Waals surface area contributed by atoms with Crippen molar-refractivity contribution >= 4 is 28.7 Å². The van der Waals surface area contributed by atoms with Crippen LogP contribution in [0.15, 0.2) is 24.3 Å². The van der Waals surface area contributed by atoms with Crippen LogP contribution < -0.4 is 10.6 Å². The second-order valence-corrected chi connectivity index (χ2v) is 7.93. The molecule has 2 amide bonds. The number of nitrogens with zero attached hydrogens (tertiary/aromatic N) is 1. The summed E-state index contributed by atoms with van der Waals surface area (Å²) in [5, 5.41) is 6.02. The summed E-state index contributed by atoms with van der Waals surface area (Å²) in [5.41, 5.74) is 3.11. The molecular formula is C23H29N3O4. The van der Waals surface area contributed by atoms with Crippen LogP contribution >= 0.6 is 0 Å². The number of aryl methyl sites for hydroxylation is 1. The van der Waals surface area contributed by atoms with Crippen molar-refractivity contribution in [2.75, 3.05) is 13.2 Å². The summed E-state index contributed by atoms with van der Waals surface area (Å²) < 4.78 is 5.35. The summed E-state index contributed by atoms with van der Waals surface area (Å²) in [6, 6.07) is 6.80. The number of para-hydroxylation sites is 1. The van der Waals surface area contributed by atoms with Gasteiger partial charge in [0.05, 0.1) is 11.1 Å². The maximum absolute atomic E-state index is 13.0. The Kier molecular flexibility index (Phi) is 7.03. The highest BCUT2D eigenvalue weighted by atomic mass is 16.5. The standard InChI is InChI=1S/C23H29N3O4/c1-4-11-24-22(28)15(3)25-20(27)13-30-23(29)21-16-7-5-6-8-18(16)26-19-10-9-14(2)12-17(19)21/h5-8,14-15H,4,9-13H2,1-3H3,(H,24,28)(H,25,27)/t14-,15-/m0/s1. The fourth-order valence-corrected chi connectivity index (χ4v) is 3.75. The first-order valence-electron chi connectivity index (χ1n) is 10.5. The van der Waals surface area contributed by atoms with Crippen LogP contribution in [0.3, 0.4) is 0 Å². The number of carbonyl (C=O) groups is 3. The number of hydrogen-bond acceptors (Lipinski definition) is 5. The summed E-state index contributed by atoms with van der Waals surface area (Å²) >= 11 is 0. The van der Waals surface area contributed by atoms with Gasteiger partial charge in [0.15, 0.2) is 6.61 Å². The number of esters is 1. The summed E-state index contributed by atoms with van der Waals surface area (Å²) in [6.45, 7) is 5.81. The highest BCUT2D eigenvalue weighted by Crippen LogP contribution is 2.31. The monoisotopic (exact) mass is 411 g/mol. The van der Waals surface area contributed by atoms with Crippen molar-refractivity contribution in [1.29, 1.82) is 0 Å². The molecular weight excluding hydrogens is 382 g/mol. The lowest BCUT2D eigenvalue weighted by Crippen LogP contribution is -2.46. The van der Waals surface area contributed by atoms with Crippen LogP contribution in [0.2, 0.25) is 0 Å². The van der Waals surface area contributed by atoms with Crippen LogP contribution in [0, 0.1) is 5.92 Å². The molecule has 1 aliphatic rings. The zero-order valence-corrected chi connectivity index (χ0v) is 17.8. The fourth-order valence-electron chi connectivity index (χ4n) is 3.75. The molecule has 2 atom stereocenters. The van der Waals surface area contributed by atoms with Gasteiger partial charge in [0, 0.05) is 17.6 Å². The molecule has 160 valence electrons. The summed E-state index contributed by atoms with van der Waals surface area (Å²) in [7, 11) is 0. The van der Waals surface area contributed by atoms with Gasteiger partial charge >= 0.3 is 5.97 Å². The van der Waals surface area contributed by atoms with E-state index in [0.717, 1.165) is 47.8 Å². The van der Waals surface area contributed by atoms with Crippen molar-refractivity contribution in [3.05, 3.63) is 41.1 Å². The molecule has 7 heteroatoms. The van der Waals surface area contributed by atoms with Crippen LogP contribution in [0.4, 0.5) is 0 Å². The van der Waals surface area contributed by atoms with Crippen molar-refractivity contribution in [3.8, 4) is 0 Å². The largest absolute Gasteiger partial charge is 0.452 e. The number of fused-ring (bicyclic) bond motifs is 2. The van der Waals surface area contributed by atoms with E-state index >= 15 is 0 Å². The van der Waals surface area contributed by atoms with Gasteiger partial charge in [0.25, 0.3) is 5.91 Å². The average molecular weight is 412 g/mol. The van der Waals surface area contributed by atoms with Gasteiger partial charge in [0.1, 0.15) is 6.04 Å². The van der Waals surface area contributed by atoms with Crippen molar-refractivity contribution in [2.24, 2.45) is 5.92 Å². The predicted molar refractivity (Wildman–Crippen MR) is 114 cm³/mol. The third kappa shape index (κ3) is 4.96. The number of pyridine rings is 1. The van der Waals surface area contributed by atoms with Gasteiger partial charge < -0.3 is 15.4 Å². The van der Waals surface area contributed by atoms with Crippen LogP contribution in [-0.2, 0) is 27.2 Å². The molecule has 0 aliphatic heterocycles. The molecule has 7 nitrogen and oxygen atoms in total. The van der Waals surface area contributed by atoms with E-state index in [9.17, 15) is 14.4 Å². The van der Waals surface area contributed by atoms with Gasteiger partial charge in [-0.3, -0.25) is 14.6 Å². The maximum Gasteiger partial charge on any atom is 0.339 e. The van der Waals surface area contributed by atoms with Crippen molar-refractivity contribution in [1.82, 2.24) is 15.6 Å². The molecule has 0 spiro atoms.